The number of hydrogen-bond acceptors (Lipinski definition) is 3. The Labute approximate surface area is 110 Å². The lowest BCUT2D eigenvalue weighted by molar-refractivity contribution is -0.116. The molecule has 0 fully saturated rings. The van der Waals surface area contributed by atoms with E-state index in [-0.39, 0.29) is 18.9 Å². The second kappa shape index (κ2) is 6.49. The van der Waals surface area contributed by atoms with E-state index in [0.717, 1.165) is 11.9 Å². The lowest BCUT2D eigenvalue weighted by Crippen LogP contribution is -2.15. The molecule has 0 aliphatic carbocycles. The van der Waals surface area contributed by atoms with Crippen molar-refractivity contribution in [1.29, 1.82) is 0 Å². The fourth-order valence-electron chi connectivity index (χ4n) is 1.43. The topological polar surface area (TPSA) is 51.2 Å². The normalized spacial score (nSPS) is 9.95. The molecule has 1 aromatic heterocycles. The molecule has 4 nitrogen and oxygen atoms in total. The van der Waals surface area contributed by atoms with E-state index in [4.69, 9.17) is 4.74 Å². The first-order chi connectivity index (χ1) is 9.24. The van der Waals surface area contributed by atoms with Gasteiger partial charge in [0.1, 0.15) is 17.4 Å². The van der Waals surface area contributed by atoms with E-state index in [0.29, 0.717) is 5.82 Å². The molecule has 0 saturated carbocycles. The van der Waals surface area contributed by atoms with Gasteiger partial charge in [0.15, 0.2) is 0 Å². The van der Waals surface area contributed by atoms with E-state index in [2.05, 4.69) is 10.3 Å². The quantitative estimate of drug-likeness (QED) is 0.899. The van der Waals surface area contributed by atoms with Crippen molar-refractivity contribution in [2.24, 2.45) is 0 Å². The number of ether oxygens (including phenoxy) is 1. The van der Waals surface area contributed by atoms with Crippen LogP contribution in [0, 0.1) is 5.82 Å². The second-order valence-electron chi connectivity index (χ2n) is 3.82. The molecular weight excluding hydrogens is 247 g/mol. The highest BCUT2D eigenvalue weighted by Crippen LogP contribution is 2.09. The average Bonchev–Trinajstić information content (AvgIpc) is 2.43. The number of hydrogen-bond donors (Lipinski definition) is 1. The number of aromatic nitrogens is 1. The maximum Gasteiger partial charge on any atom is 0.228 e. The Morgan fingerprint density at radius 2 is 2.00 bits per heavy atom. The minimum Gasteiger partial charge on any atom is -0.493 e. The van der Waals surface area contributed by atoms with Crippen LogP contribution < -0.4 is 10.1 Å². The number of anilines is 1. The highest BCUT2D eigenvalue weighted by Gasteiger charge is 2.04. The fraction of sp³-hybridized carbons (Fsp3) is 0.143. The molecule has 2 rings (SSSR count). The summed E-state index contributed by atoms with van der Waals surface area (Å²) >= 11 is 0. The highest BCUT2D eigenvalue weighted by atomic mass is 19.1. The van der Waals surface area contributed by atoms with Crippen molar-refractivity contribution in [2.45, 2.75) is 6.42 Å². The second-order valence-corrected chi connectivity index (χ2v) is 3.82. The smallest absolute Gasteiger partial charge is 0.228 e. The van der Waals surface area contributed by atoms with Crippen molar-refractivity contribution in [3.63, 3.8) is 0 Å². The maximum atomic E-state index is 12.6. The van der Waals surface area contributed by atoms with Crippen LogP contribution in [0.1, 0.15) is 6.42 Å². The zero-order chi connectivity index (χ0) is 13.5. The zero-order valence-corrected chi connectivity index (χ0v) is 10.2. The number of halogens is 1. The Morgan fingerprint density at radius 3 is 2.68 bits per heavy atom. The van der Waals surface area contributed by atoms with E-state index >= 15 is 0 Å². The number of carbonyl (C=O) groups excluding carboxylic acids is 1. The molecule has 0 unspecified atom stereocenters. The Bertz CT molecular complexity index is 529. The van der Waals surface area contributed by atoms with Crippen LogP contribution in [0.4, 0.5) is 10.2 Å². The molecule has 0 aliphatic heterocycles. The first-order valence-corrected chi connectivity index (χ1v) is 5.83. The molecule has 0 radical (unpaired) electrons. The number of para-hydroxylation sites is 1. The van der Waals surface area contributed by atoms with Gasteiger partial charge in [-0.15, -0.1) is 0 Å². The number of rotatable bonds is 5. The van der Waals surface area contributed by atoms with Gasteiger partial charge < -0.3 is 10.1 Å². The first kappa shape index (κ1) is 13.0. The minimum atomic E-state index is -0.439. The van der Waals surface area contributed by atoms with E-state index in [1.54, 1.807) is 0 Å². The highest BCUT2D eigenvalue weighted by molar-refractivity contribution is 5.89. The van der Waals surface area contributed by atoms with Gasteiger partial charge in [-0.05, 0) is 24.3 Å². The summed E-state index contributed by atoms with van der Waals surface area (Å²) in [5, 5.41) is 2.56. The van der Waals surface area contributed by atoms with Crippen LogP contribution >= 0.6 is 0 Å². The summed E-state index contributed by atoms with van der Waals surface area (Å²) in [5.41, 5.74) is 0. The monoisotopic (exact) mass is 260 g/mol. The van der Waals surface area contributed by atoms with E-state index in [1.807, 2.05) is 30.3 Å². The van der Waals surface area contributed by atoms with Gasteiger partial charge in [-0.25, -0.2) is 9.37 Å². The SMILES string of the molecule is O=C(CCOc1ccccc1)Nc1ccc(F)cn1. The van der Waals surface area contributed by atoms with Gasteiger partial charge in [-0.3, -0.25) is 4.79 Å². The van der Waals surface area contributed by atoms with Crippen molar-refractivity contribution in [2.75, 3.05) is 11.9 Å². The molecular formula is C14H13FN2O2. The maximum absolute atomic E-state index is 12.6. The number of pyridine rings is 1. The summed E-state index contributed by atoms with van der Waals surface area (Å²) in [5.74, 6) is 0.377. The summed E-state index contributed by atoms with van der Waals surface area (Å²) in [6.45, 7) is 0.275. The first-order valence-electron chi connectivity index (χ1n) is 5.83. The van der Waals surface area contributed by atoms with Gasteiger partial charge in [0.2, 0.25) is 5.91 Å². The van der Waals surface area contributed by atoms with Crippen LogP contribution in [0.3, 0.4) is 0 Å². The van der Waals surface area contributed by atoms with E-state index in [9.17, 15) is 9.18 Å². The largest absolute Gasteiger partial charge is 0.493 e. The number of carbonyl (C=O) groups is 1. The Balaban J connectivity index is 1.74. The molecule has 2 aromatic rings. The molecule has 0 atom stereocenters. The lowest BCUT2D eigenvalue weighted by Gasteiger charge is -2.06. The summed E-state index contributed by atoms with van der Waals surface area (Å²) in [7, 11) is 0. The molecule has 0 spiro atoms. The third-order valence-corrected chi connectivity index (χ3v) is 2.34. The van der Waals surface area contributed by atoms with Crippen LogP contribution in [0.15, 0.2) is 48.7 Å². The van der Waals surface area contributed by atoms with Gasteiger partial charge >= 0.3 is 0 Å². The fourth-order valence-corrected chi connectivity index (χ4v) is 1.43. The zero-order valence-electron chi connectivity index (χ0n) is 10.2. The van der Waals surface area contributed by atoms with Crippen LogP contribution in [0.5, 0.6) is 5.75 Å². The van der Waals surface area contributed by atoms with E-state index in [1.165, 1.54) is 12.1 Å². The van der Waals surface area contributed by atoms with Gasteiger partial charge in [0, 0.05) is 0 Å². The van der Waals surface area contributed by atoms with Crippen molar-refractivity contribution < 1.29 is 13.9 Å². The third kappa shape index (κ3) is 4.39. The molecule has 0 aliphatic rings. The Morgan fingerprint density at radius 1 is 1.21 bits per heavy atom. The summed E-state index contributed by atoms with van der Waals surface area (Å²) in [4.78, 5) is 15.3. The van der Waals surface area contributed by atoms with E-state index < -0.39 is 5.82 Å². The van der Waals surface area contributed by atoms with Crippen molar-refractivity contribution in [3.8, 4) is 5.75 Å². The van der Waals surface area contributed by atoms with Crippen LogP contribution in [-0.2, 0) is 4.79 Å². The summed E-state index contributed by atoms with van der Waals surface area (Å²) in [6, 6.07) is 11.9. The van der Waals surface area contributed by atoms with Crippen LogP contribution in [-0.4, -0.2) is 17.5 Å². The molecule has 0 bridgehead atoms. The van der Waals surface area contributed by atoms with Gasteiger partial charge in [0.05, 0.1) is 19.2 Å². The molecule has 0 saturated heterocycles. The standard InChI is InChI=1S/C14H13FN2O2/c15-11-6-7-13(16-10-11)17-14(18)8-9-19-12-4-2-1-3-5-12/h1-7,10H,8-9H2,(H,16,17,18). The molecule has 1 amide bonds. The van der Waals surface area contributed by atoms with Gasteiger partial charge in [0.25, 0.3) is 0 Å². The molecule has 1 N–H and O–H groups in total. The molecule has 19 heavy (non-hydrogen) atoms. The van der Waals surface area contributed by atoms with Crippen LogP contribution in [0.25, 0.3) is 0 Å². The minimum absolute atomic E-state index is 0.202. The summed E-state index contributed by atoms with van der Waals surface area (Å²) < 4.78 is 18.0. The number of benzene rings is 1. The van der Waals surface area contributed by atoms with Crippen molar-refractivity contribution >= 4 is 11.7 Å². The van der Waals surface area contributed by atoms with Crippen molar-refractivity contribution in [1.82, 2.24) is 4.98 Å². The molecule has 98 valence electrons. The number of nitrogens with zero attached hydrogens (tertiary/aromatic N) is 1. The number of nitrogens with one attached hydrogen (secondary N) is 1. The lowest BCUT2D eigenvalue weighted by atomic mass is 10.3. The molecule has 5 heteroatoms. The molecule has 1 aromatic carbocycles. The predicted octanol–water partition coefficient (Wildman–Crippen LogP) is 2.63. The number of amides is 1. The Hall–Kier alpha value is -2.43. The molecule has 1 heterocycles. The third-order valence-electron chi connectivity index (χ3n) is 2.34. The van der Waals surface area contributed by atoms with Crippen molar-refractivity contribution in [3.05, 3.63) is 54.5 Å². The van der Waals surface area contributed by atoms with Crippen LogP contribution in [0.2, 0.25) is 0 Å². The van der Waals surface area contributed by atoms with Gasteiger partial charge in [-0.1, -0.05) is 18.2 Å². The van der Waals surface area contributed by atoms with Gasteiger partial charge in [-0.2, -0.15) is 0 Å². The average molecular weight is 260 g/mol. The predicted molar refractivity (Wildman–Crippen MR) is 69.4 cm³/mol. The summed E-state index contributed by atoms with van der Waals surface area (Å²) in [6.07, 6.45) is 1.25. The Kier molecular flexibility index (Phi) is 4.44.